The molecule has 0 spiro atoms. The number of hydrogen-bond donors (Lipinski definition) is 1. The first-order valence-electron chi connectivity index (χ1n) is 5.94. The highest BCUT2D eigenvalue weighted by Crippen LogP contribution is 2.27. The monoisotopic (exact) mass is 211 g/mol. The number of carbonyl (C=O) groups excluding carboxylic acids is 1. The fourth-order valence-electron chi connectivity index (χ4n) is 2.25. The Morgan fingerprint density at radius 2 is 2.13 bits per heavy atom. The third kappa shape index (κ3) is 2.92. The van der Waals surface area contributed by atoms with Gasteiger partial charge in [-0.3, -0.25) is 9.69 Å². The van der Waals surface area contributed by atoms with E-state index in [2.05, 4.69) is 9.80 Å². The molecule has 1 amide bonds. The summed E-state index contributed by atoms with van der Waals surface area (Å²) in [4.78, 5) is 16.2. The maximum absolute atomic E-state index is 11.8. The van der Waals surface area contributed by atoms with Crippen LogP contribution in [-0.4, -0.2) is 54.0 Å². The van der Waals surface area contributed by atoms with Crippen LogP contribution in [0, 0.1) is 0 Å². The summed E-state index contributed by atoms with van der Waals surface area (Å²) >= 11 is 0. The average molecular weight is 211 g/mol. The lowest BCUT2D eigenvalue weighted by atomic mass is 10.3. The van der Waals surface area contributed by atoms with Gasteiger partial charge in [0.2, 0.25) is 5.91 Å². The molecular formula is C11H21N3O. The van der Waals surface area contributed by atoms with Crippen LogP contribution in [0.1, 0.15) is 26.2 Å². The predicted molar refractivity (Wildman–Crippen MR) is 59.4 cm³/mol. The molecule has 1 heterocycles. The van der Waals surface area contributed by atoms with Crippen molar-refractivity contribution in [1.82, 2.24) is 9.80 Å². The van der Waals surface area contributed by atoms with Crippen LogP contribution in [0.3, 0.4) is 0 Å². The van der Waals surface area contributed by atoms with Crippen LogP contribution in [0.25, 0.3) is 0 Å². The zero-order chi connectivity index (χ0) is 10.8. The maximum atomic E-state index is 11.8. The van der Waals surface area contributed by atoms with Crippen molar-refractivity contribution in [3.8, 4) is 0 Å². The van der Waals surface area contributed by atoms with Crippen LogP contribution >= 0.6 is 0 Å². The second-order valence-electron chi connectivity index (χ2n) is 4.85. The Kier molecular flexibility index (Phi) is 3.26. The van der Waals surface area contributed by atoms with Gasteiger partial charge in [-0.25, -0.2) is 0 Å². The Hall–Kier alpha value is -0.610. The second kappa shape index (κ2) is 4.49. The van der Waals surface area contributed by atoms with E-state index in [1.54, 1.807) is 0 Å². The number of carbonyl (C=O) groups is 1. The van der Waals surface area contributed by atoms with Crippen molar-refractivity contribution in [2.45, 2.75) is 38.3 Å². The van der Waals surface area contributed by atoms with E-state index in [9.17, 15) is 4.79 Å². The predicted octanol–water partition coefficient (Wildman–Crippen LogP) is 0.0303. The first kappa shape index (κ1) is 10.9. The lowest BCUT2D eigenvalue weighted by Crippen LogP contribution is -2.38. The van der Waals surface area contributed by atoms with Gasteiger partial charge in [-0.1, -0.05) is 0 Å². The summed E-state index contributed by atoms with van der Waals surface area (Å²) < 4.78 is 0. The van der Waals surface area contributed by atoms with Gasteiger partial charge in [-0.2, -0.15) is 0 Å². The molecule has 1 unspecified atom stereocenters. The van der Waals surface area contributed by atoms with Crippen LogP contribution in [0.15, 0.2) is 0 Å². The van der Waals surface area contributed by atoms with Crippen LogP contribution in [0.4, 0.5) is 0 Å². The Labute approximate surface area is 91.4 Å². The molecule has 1 saturated heterocycles. The van der Waals surface area contributed by atoms with E-state index in [1.807, 2.05) is 6.92 Å². The van der Waals surface area contributed by atoms with Crippen molar-refractivity contribution in [3.05, 3.63) is 0 Å². The molecule has 1 aliphatic carbocycles. The molecule has 0 aromatic rings. The molecule has 1 atom stereocenters. The summed E-state index contributed by atoms with van der Waals surface area (Å²) in [5.74, 6) is 0.338. The highest BCUT2D eigenvalue weighted by atomic mass is 16.2. The van der Waals surface area contributed by atoms with Crippen molar-refractivity contribution in [2.24, 2.45) is 5.73 Å². The van der Waals surface area contributed by atoms with Crippen molar-refractivity contribution in [3.63, 3.8) is 0 Å². The number of nitrogens with two attached hydrogens (primary N) is 1. The topological polar surface area (TPSA) is 49.6 Å². The molecule has 0 radical (unpaired) electrons. The molecule has 15 heavy (non-hydrogen) atoms. The smallest absolute Gasteiger partial charge is 0.224 e. The molecule has 2 fully saturated rings. The Balaban J connectivity index is 1.87. The van der Waals surface area contributed by atoms with Crippen molar-refractivity contribution < 1.29 is 4.79 Å². The third-order valence-corrected chi connectivity index (χ3v) is 3.15. The third-order valence-electron chi connectivity index (χ3n) is 3.15. The minimum absolute atomic E-state index is 0.201. The second-order valence-corrected chi connectivity index (χ2v) is 4.85. The standard InChI is InChI=1S/C11H21N3O/c1-9(12)8-13-5-4-11(15)14(7-6-13)10-2-3-10/h9-10H,2-8,12H2,1H3. The largest absolute Gasteiger partial charge is 0.338 e. The molecule has 0 aromatic heterocycles. The summed E-state index contributed by atoms with van der Waals surface area (Å²) in [6.45, 7) is 5.70. The SMILES string of the molecule is CC(N)CN1CCC(=O)N(C2CC2)CC1. The Morgan fingerprint density at radius 1 is 1.40 bits per heavy atom. The highest BCUT2D eigenvalue weighted by molar-refractivity contribution is 5.77. The molecule has 1 aliphatic heterocycles. The molecule has 4 nitrogen and oxygen atoms in total. The lowest BCUT2D eigenvalue weighted by molar-refractivity contribution is -0.130. The lowest BCUT2D eigenvalue weighted by Gasteiger charge is -2.22. The van der Waals surface area contributed by atoms with Crippen LogP contribution in [-0.2, 0) is 4.79 Å². The van der Waals surface area contributed by atoms with Gasteiger partial charge in [-0.15, -0.1) is 0 Å². The van der Waals surface area contributed by atoms with E-state index in [-0.39, 0.29) is 6.04 Å². The van der Waals surface area contributed by atoms with Crippen molar-refractivity contribution in [2.75, 3.05) is 26.2 Å². The summed E-state index contributed by atoms with van der Waals surface area (Å²) in [5, 5.41) is 0. The first-order chi connectivity index (χ1) is 7.16. The molecule has 0 aromatic carbocycles. The van der Waals surface area contributed by atoms with Crippen molar-refractivity contribution >= 4 is 5.91 Å². The van der Waals surface area contributed by atoms with Gasteiger partial charge in [0.25, 0.3) is 0 Å². The van der Waals surface area contributed by atoms with E-state index >= 15 is 0 Å². The van der Waals surface area contributed by atoms with Crippen LogP contribution < -0.4 is 5.73 Å². The quantitative estimate of drug-likeness (QED) is 0.716. The van der Waals surface area contributed by atoms with E-state index < -0.39 is 0 Å². The molecule has 2 N–H and O–H groups in total. The summed E-state index contributed by atoms with van der Waals surface area (Å²) in [6.07, 6.45) is 3.08. The fourth-order valence-corrected chi connectivity index (χ4v) is 2.25. The van der Waals surface area contributed by atoms with Gasteiger partial charge in [0, 0.05) is 44.7 Å². The van der Waals surface area contributed by atoms with E-state index in [0.717, 1.165) is 26.2 Å². The zero-order valence-electron chi connectivity index (χ0n) is 9.48. The summed E-state index contributed by atoms with van der Waals surface area (Å²) in [7, 11) is 0. The molecular weight excluding hydrogens is 190 g/mol. The van der Waals surface area contributed by atoms with Gasteiger partial charge in [0.1, 0.15) is 0 Å². The average Bonchev–Trinajstić information content (AvgIpc) is 2.95. The van der Waals surface area contributed by atoms with Crippen molar-refractivity contribution in [1.29, 1.82) is 0 Å². The minimum Gasteiger partial charge on any atom is -0.338 e. The Bertz CT molecular complexity index is 238. The number of hydrogen-bond acceptors (Lipinski definition) is 3. The van der Waals surface area contributed by atoms with Gasteiger partial charge >= 0.3 is 0 Å². The summed E-state index contributed by atoms with van der Waals surface area (Å²) in [6, 6.07) is 0.764. The maximum Gasteiger partial charge on any atom is 0.224 e. The Morgan fingerprint density at radius 3 is 2.73 bits per heavy atom. The van der Waals surface area contributed by atoms with Gasteiger partial charge < -0.3 is 10.6 Å². The molecule has 4 heteroatoms. The number of rotatable bonds is 3. The highest BCUT2D eigenvalue weighted by Gasteiger charge is 2.33. The fraction of sp³-hybridized carbons (Fsp3) is 0.909. The molecule has 1 saturated carbocycles. The molecule has 0 bridgehead atoms. The molecule has 86 valence electrons. The van der Waals surface area contributed by atoms with Gasteiger partial charge in [0.05, 0.1) is 0 Å². The van der Waals surface area contributed by atoms with E-state index in [0.29, 0.717) is 18.4 Å². The minimum atomic E-state index is 0.201. The number of nitrogens with zero attached hydrogens (tertiary/aromatic N) is 2. The number of amides is 1. The summed E-state index contributed by atoms with van der Waals surface area (Å²) in [5.41, 5.74) is 5.78. The van der Waals surface area contributed by atoms with Gasteiger partial charge in [-0.05, 0) is 19.8 Å². The zero-order valence-corrected chi connectivity index (χ0v) is 9.48. The van der Waals surface area contributed by atoms with E-state index in [4.69, 9.17) is 5.73 Å². The van der Waals surface area contributed by atoms with Crippen LogP contribution in [0.5, 0.6) is 0 Å². The normalized spacial score (nSPS) is 26.5. The molecule has 2 rings (SSSR count). The van der Waals surface area contributed by atoms with Gasteiger partial charge in [0.15, 0.2) is 0 Å². The first-order valence-corrected chi connectivity index (χ1v) is 5.94. The van der Waals surface area contributed by atoms with Crippen LogP contribution in [0.2, 0.25) is 0 Å². The van der Waals surface area contributed by atoms with E-state index in [1.165, 1.54) is 12.8 Å². The molecule has 2 aliphatic rings.